The monoisotopic (exact) mass is 224 g/mol. The number of aryl methyl sites for hydroxylation is 1. The zero-order chi connectivity index (χ0) is 12.3. The van der Waals surface area contributed by atoms with E-state index in [1.807, 2.05) is 37.3 Å². The molecule has 0 spiro atoms. The van der Waals surface area contributed by atoms with E-state index in [0.29, 0.717) is 0 Å². The standard InChI is InChI=1S/C16H16O/c1-12-11-15(9-10-16(12)17-3)13(2)14-7-5-4-6-8-14/h4-11H,2H2,1,3H3. The highest BCUT2D eigenvalue weighted by molar-refractivity contribution is 5.78. The molecule has 86 valence electrons. The minimum absolute atomic E-state index is 0.912. The predicted molar refractivity (Wildman–Crippen MR) is 72.3 cm³/mol. The first-order valence-electron chi connectivity index (χ1n) is 5.61. The highest BCUT2D eigenvalue weighted by Gasteiger charge is 2.04. The quantitative estimate of drug-likeness (QED) is 0.763. The maximum atomic E-state index is 5.26. The molecule has 0 aromatic heterocycles. The summed E-state index contributed by atoms with van der Waals surface area (Å²) in [4.78, 5) is 0. The largest absolute Gasteiger partial charge is 0.496 e. The fourth-order valence-corrected chi connectivity index (χ4v) is 1.87. The van der Waals surface area contributed by atoms with E-state index in [1.54, 1.807) is 7.11 Å². The Labute approximate surface area is 102 Å². The molecule has 0 saturated heterocycles. The molecule has 0 aliphatic rings. The topological polar surface area (TPSA) is 9.23 Å². The maximum absolute atomic E-state index is 5.26. The van der Waals surface area contributed by atoms with Gasteiger partial charge in [-0.2, -0.15) is 0 Å². The van der Waals surface area contributed by atoms with Gasteiger partial charge in [0, 0.05) is 0 Å². The zero-order valence-electron chi connectivity index (χ0n) is 10.2. The van der Waals surface area contributed by atoms with Gasteiger partial charge in [-0.1, -0.05) is 43.0 Å². The molecular weight excluding hydrogens is 208 g/mol. The molecule has 2 rings (SSSR count). The van der Waals surface area contributed by atoms with Crippen LogP contribution in [0.25, 0.3) is 5.57 Å². The minimum atomic E-state index is 0.912. The Morgan fingerprint density at radius 3 is 2.29 bits per heavy atom. The summed E-state index contributed by atoms with van der Waals surface area (Å²) < 4.78 is 5.26. The van der Waals surface area contributed by atoms with E-state index in [-0.39, 0.29) is 0 Å². The van der Waals surface area contributed by atoms with Crippen LogP contribution in [-0.4, -0.2) is 7.11 Å². The Morgan fingerprint density at radius 2 is 1.71 bits per heavy atom. The van der Waals surface area contributed by atoms with Crippen LogP contribution in [0.15, 0.2) is 55.1 Å². The van der Waals surface area contributed by atoms with Crippen molar-refractivity contribution in [2.75, 3.05) is 7.11 Å². The lowest BCUT2D eigenvalue weighted by molar-refractivity contribution is 0.411. The van der Waals surface area contributed by atoms with Gasteiger partial charge in [-0.25, -0.2) is 0 Å². The number of ether oxygens (including phenoxy) is 1. The van der Waals surface area contributed by atoms with Gasteiger partial charge in [0.05, 0.1) is 7.11 Å². The van der Waals surface area contributed by atoms with Gasteiger partial charge >= 0.3 is 0 Å². The molecular formula is C16H16O. The van der Waals surface area contributed by atoms with Crippen LogP contribution in [0.4, 0.5) is 0 Å². The van der Waals surface area contributed by atoms with Gasteiger partial charge < -0.3 is 4.74 Å². The van der Waals surface area contributed by atoms with Gasteiger partial charge in [0.1, 0.15) is 5.75 Å². The third-order valence-corrected chi connectivity index (χ3v) is 2.87. The van der Waals surface area contributed by atoms with Crippen LogP contribution in [0, 0.1) is 6.92 Å². The van der Waals surface area contributed by atoms with Crippen LogP contribution >= 0.6 is 0 Å². The normalized spacial score (nSPS) is 10.0. The summed E-state index contributed by atoms with van der Waals surface area (Å²) in [6.45, 7) is 6.19. The molecule has 2 aromatic rings. The summed E-state index contributed by atoms with van der Waals surface area (Å²) in [5.41, 5.74) is 4.45. The van der Waals surface area contributed by atoms with E-state index in [9.17, 15) is 0 Å². The SMILES string of the molecule is C=C(c1ccccc1)c1ccc(OC)c(C)c1. The Hall–Kier alpha value is -2.02. The minimum Gasteiger partial charge on any atom is -0.496 e. The first kappa shape index (κ1) is 11.5. The lowest BCUT2D eigenvalue weighted by Crippen LogP contribution is -1.90. The molecule has 0 unspecified atom stereocenters. The van der Waals surface area contributed by atoms with E-state index in [4.69, 9.17) is 4.74 Å². The highest BCUT2D eigenvalue weighted by Crippen LogP contribution is 2.26. The van der Waals surface area contributed by atoms with Crippen molar-refractivity contribution in [1.82, 2.24) is 0 Å². The Bertz CT molecular complexity index is 526. The Balaban J connectivity index is 2.35. The maximum Gasteiger partial charge on any atom is 0.121 e. The van der Waals surface area contributed by atoms with E-state index in [2.05, 4.69) is 24.8 Å². The summed E-state index contributed by atoms with van der Waals surface area (Å²) in [7, 11) is 1.69. The van der Waals surface area contributed by atoms with Crippen molar-refractivity contribution in [3.8, 4) is 5.75 Å². The second-order valence-electron chi connectivity index (χ2n) is 4.03. The fourth-order valence-electron chi connectivity index (χ4n) is 1.87. The number of methoxy groups -OCH3 is 1. The smallest absolute Gasteiger partial charge is 0.121 e. The van der Waals surface area contributed by atoms with E-state index in [0.717, 1.165) is 28.0 Å². The third-order valence-electron chi connectivity index (χ3n) is 2.87. The van der Waals surface area contributed by atoms with Gasteiger partial charge in [0.2, 0.25) is 0 Å². The number of benzene rings is 2. The molecule has 0 amide bonds. The van der Waals surface area contributed by atoms with Crippen molar-refractivity contribution >= 4 is 5.57 Å². The van der Waals surface area contributed by atoms with Crippen molar-refractivity contribution in [2.45, 2.75) is 6.92 Å². The number of rotatable bonds is 3. The van der Waals surface area contributed by atoms with Gasteiger partial charge in [-0.05, 0) is 41.3 Å². The highest BCUT2D eigenvalue weighted by atomic mass is 16.5. The molecule has 0 radical (unpaired) electrons. The molecule has 0 aliphatic heterocycles. The molecule has 2 aromatic carbocycles. The van der Waals surface area contributed by atoms with Gasteiger partial charge in [0.25, 0.3) is 0 Å². The van der Waals surface area contributed by atoms with Crippen LogP contribution in [0.1, 0.15) is 16.7 Å². The molecule has 0 fully saturated rings. The van der Waals surface area contributed by atoms with Gasteiger partial charge in [-0.15, -0.1) is 0 Å². The van der Waals surface area contributed by atoms with Crippen LogP contribution in [0.3, 0.4) is 0 Å². The van der Waals surface area contributed by atoms with Crippen LogP contribution < -0.4 is 4.74 Å². The molecule has 0 N–H and O–H groups in total. The molecule has 0 heterocycles. The fraction of sp³-hybridized carbons (Fsp3) is 0.125. The van der Waals surface area contributed by atoms with Crippen molar-refractivity contribution < 1.29 is 4.74 Å². The Kier molecular flexibility index (Phi) is 3.29. The van der Waals surface area contributed by atoms with Crippen LogP contribution in [0.5, 0.6) is 5.75 Å². The van der Waals surface area contributed by atoms with E-state index < -0.39 is 0 Å². The molecule has 1 nitrogen and oxygen atoms in total. The lowest BCUT2D eigenvalue weighted by Gasteiger charge is -2.10. The molecule has 17 heavy (non-hydrogen) atoms. The average molecular weight is 224 g/mol. The average Bonchev–Trinajstić information content (AvgIpc) is 2.39. The second kappa shape index (κ2) is 4.88. The van der Waals surface area contributed by atoms with Gasteiger partial charge in [0.15, 0.2) is 0 Å². The predicted octanol–water partition coefficient (Wildman–Crippen LogP) is 4.07. The first-order chi connectivity index (χ1) is 8.22. The first-order valence-corrected chi connectivity index (χ1v) is 5.61. The van der Waals surface area contributed by atoms with Gasteiger partial charge in [-0.3, -0.25) is 0 Å². The molecule has 0 atom stereocenters. The van der Waals surface area contributed by atoms with E-state index >= 15 is 0 Å². The summed E-state index contributed by atoms with van der Waals surface area (Å²) in [5, 5.41) is 0. The van der Waals surface area contributed by atoms with Crippen molar-refractivity contribution in [2.24, 2.45) is 0 Å². The molecule has 0 saturated carbocycles. The third kappa shape index (κ3) is 2.39. The Morgan fingerprint density at radius 1 is 1.00 bits per heavy atom. The molecule has 0 bridgehead atoms. The van der Waals surface area contributed by atoms with Crippen molar-refractivity contribution in [1.29, 1.82) is 0 Å². The number of hydrogen-bond acceptors (Lipinski definition) is 1. The van der Waals surface area contributed by atoms with Crippen molar-refractivity contribution in [3.63, 3.8) is 0 Å². The van der Waals surface area contributed by atoms with Crippen LogP contribution in [0.2, 0.25) is 0 Å². The number of hydrogen-bond donors (Lipinski definition) is 0. The molecule has 1 heteroatoms. The van der Waals surface area contributed by atoms with E-state index in [1.165, 1.54) is 0 Å². The van der Waals surface area contributed by atoms with Crippen molar-refractivity contribution in [3.05, 3.63) is 71.8 Å². The summed E-state index contributed by atoms with van der Waals surface area (Å²) in [6.07, 6.45) is 0. The lowest BCUT2D eigenvalue weighted by atomic mass is 9.98. The zero-order valence-corrected chi connectivity index (χ0v) is 10.2. The molecule has 0 aliphatic carbocycles. The summed E-state index contributed by atoms with van der Waals surface area (Å²) >= 11 is 0. The second-order valence-corrected chi connectivity index (χ2v) is 4.03. The summed E-state index contributed by atoms with van der Waals surface area (Å²) in [6, 6.07) is 16.3. The summed E-state index contributed by atoms with van der Waals surface area (Å²) in [5.74, 6) is 0.912. The van der Waals surface area contributed by atoms with Crippen LogP contribution in [-0.2, 0) is 0 Å².